The number of nitrogens with one attached hydrogen (secondary N) is 1. The quantitative estimate of drug-likeness (QED) is 0.816. The number of thiazole rings is 1. The van der Waals surface area contributed by atoms with Crippen molar-refractivity contribution in [1.82, 2.24) is 20.4 Å². The summed E-state index contributed by atoms with van der Waals surface area (Å²) in [6, 6.07) is 1.68. The average Bonchev–Trinajstić information content (AvgIpc) is 3.24. The molecule has 1 fully saturated rings. The summed E-state index contributed by atoms with van der Waals surface area (Å²) in [5.41, 5.74) is 1.14. The third-order valence-electron chi connectivity index (χ3n) is 4.22. The minimum absolute atomic E-state index is 0.200. The molecule has 0 radical (unpaired) electrons. The van der Waals surface area contributed by atoms with Crippen LogP contribution in [0.4, 0.5) is 0 Å². The van der Waals surface area contributed by atoms with Gasteiger partial charge in [-0.05, 0) is 12.8 Å². The molecule has 0 spiro atoms. The van der Waals surface area contributed by atoms with Gasteiger partial charge in [-0.15, -0.1) is 11.3 Å². The van der Waals surface area contributed by atoms with E-state index >= 15 is 0 Å². The molecule has 1 saturated heterocycles. The van der Waals surface area contributed by atoms with Gasteiger partial charge in [-0.2, -0.15) is 0 Å². The van der Waals surface area contributed by atoms with Gasteiger partial charge in [0.05, 0.1) is 29.9 Å². The van der Waals surface area contributed by atoms with Crippen molar-refractivity contribution in [3.8, 4) is 0 Å². The minimum atomic E-state index is -0.261. The molecule has 2 N–H and O–H groups in total. The molecule has 0 unspecified atom stereocenters. The predicted octanol–water partition coefficient (Wildman–Crippen LogP) is 2.14. The summed E-state index contributed by atoms with van der Waals surface area (Å²) < 4.78 is 5.27. The summed E-state index contributed by atoms with van der Waals surface area (Å²) in [6.45, 7) is 6.84. The second-order valence-corrected chi connectivity index (χ2v) is 7.59. The van der Waals surface area contributed by atoms with Crippen molar-refractivity contribution in [2.75, 3.05) is 13.1 Å². The number of carbonyl (C=O) groups excluding carboxylic acids is 1. The highest BCUT2D eigenvalue weighted by atomic mass is 32.1. The van der Waals surface area contributed by atoms with Crippen LogP contribution in [0.1, 0.15) is 59.6 Å². The van der Waals surface area contributed by atoms with E-state index in [1.54, 1.807) is 17.4 Å². The first-order valence-corrected chi connectivity index (χ1v) is 9.47. The number of aliphatic hydroxyl groups excluding tert-OH is 1. The van der Waals surface area contributed by atoms with Crippen molar-refractivity contribution in [3.63, 3.8) is 0 Å². The van der Waals surface area contributed by atoms with Crippen molar-refractivity contribution in [3.05, 3.63) is 33.6 Å². The zero-order chi connectivity index (χ0) is 17.8. The Morgan fingerprint density at radius 2 is 2.24 bits per heavy atom. The lowest BCUT2D eigenvalue weighted by molar-refractivity contribution is 0.0748. The van der Waals surface area contributed by atoms with Crippen molar-refractivity contribution < 1.29 is 14.4 Å². The highest BCUT2D eigenvalue weighted by Crippen LogP contribution is 2.19. The predicted molar refractivity (Wildman–Crippen MR) is 94.4 cm³/mol. The number of nitrogens with zero attached hydrogens (tertiary/aromatic N) is 3. The summed E-state index contributed by atoms with van der Waals surface area (Å²) in [5, 5.41) is 19.3. The molecule has 2 aromatic heterocycles. The molecule has 3 heterocycles. The van der Waals surface area contributed by atoms with Gasteiger partial charge in [-0.3, -0.25) is 9.69 Å². The standard InChI is InChI=1S/C17H24N4O3S/c1-11(2)17-19-12(10-25-17)8-18-16(23)15-7-14(24-20-15)9-21-5-3-13(22)4-6-21/h7,10-11,13,22H,3-6,8-9H2,1-2H3,(H,18,23). The fourth-order valence-corrected chi connectivity index (χ4v) is 3.56. The Balaban J connectivity index is 1.50. The van der Waals surface area contributed by atoms with E-state index in [0.29, 0.717) is 24.8 Å². The number of aromatic nitrogens is 2. The van der Waals surface area contributed by atoms with Gasteiger partial charge < -0.3 is 14.9 Å². The highest BCUT2D eigenvalue weighted by molar-refractivity contribution is 7.09. The van der Waals surface area contributed by atoms with Crippen LogP contribution >= 0.6 is 11.3 Å². The topological polar surface area (TPSA) is 91.5 Å². The van der Waals surface area contributed by atoms with Crippen LogP contribution in [0.15, 0.2) is 16.0 Å². The SMILES string of the molecule is CC(C)c1nc(CNC(=O)c2cc(CN3CCC(O)CC3)on2)cs1. The zero-order valence-electron chi connectivity index (χ0n) is 14.6. The molecule has 25 heavy (non-hydrogen) atoms. The van der Waals surface area contributed by atoms with Gasteiger partial charge in [-0.25, -0.2) is 4.98 Å². The molecule has 1 amide bonds. The monoisotopic (exact) mass is 364 g/mol. The van der Waals surface area contributed by atoms with Crippen LogP contribution in [-0.4, -0.2) is 45.2 Å². The summed E-state index contributed by atoms with van der Waals surface area (Å²) in [6.07, 6.45) is 1.34. The summed E-state index contributed by atoms with van der Waals surface area (Å²) >= 11 is 1.61. The Morgan fingerprint density at radius 1 is 1.48 bits per heavy atom. The van der Waals surface area contributed by atoms with Crippen LogP contribution in [-0.2, 0) is 13.1 Å². The highest BCUT2D eigenvalue weighted by Gasteiger charge is 2.20. The Hall–Kier alpha value is -1.77. The van der Waals surface area contributed by atoms with E-state index < -0.39 is 0 Å². The normalized spacial score (nSPS) is 16.5. The molecule has 0 saturated carbocycles. The van der Waals surface area contributed by atoms with Gasteiger partial charge in [0.25, 0.3) is 5.91 Å². The first-order chi connectivity index (χ1) is 12.0. The van der Waals surface area contributed by atoms with E-state index in [9.17, 15) is 9.90 Å². The maximum atomic E-state index is 12.2. The molecule has 7 nitrogen and oxygen atoms in total. The number of hydrogen-bond acceptors (Lipinski definition) is 7. The molecule has 1 aliphatic rings. The summed E-state index contributed by atoms with van der Waals surface area (Å²) in [5.74, 6) is 0.795. The first kappa shape index (κ1) is 18.0. The second-order valence-electron chi connectivity index (χ2n) is 6.70. The van der Waals surface area contributed by atoms with Gasteiger partial charge in [0.1, 0.15) is 0 Å². The number of carbonyl (C=O) groups is 1. The van der Waals surface area contributed by atoms with E-state index in [1.807, 2.05) is 5.38 Å². The van der Waals surface area contributed by atoms with E-state index in [0.717, 1.165) is 36.6 Å². The van der Waals surface area contributed by atoms with Crippen LogP contribution in [0.2, 0.25) is 0 Å². The molecule has 0 bridgehead atoms. The molecule has 8 heteroatoms. The Kier molecular flexibility index (Phi) is 5.82. The van der Waals surface area contributed by atoms with Crippen molar-refractivity contribution in [1.29, 1.82) is 0 Å². The lowest BCUT2D eigenvalue weighted by atomic mass is 10.1. The van der Waals surface area contributed by atoms with E-state index in [4.69, 9.17) is 4.52 Å². The Labute approximate surface area is 151 Å². The largest absolute Gasteiger partial charge is 0.393 e. The molecule has 1 aliphatic heterocycles. The van der Waals surface area contributed by atoms with Crippen LogP contribution in [0.5, 0.6) is 0 Å². The van der Waals surface area contributed by atoms with Crippen LogP contribution in [0, 0.1) is 0 Å². The molecule has 0 aliphatic carbocycles. The zero-order valence-corrected chi connectivity index (χ0v) is 15.4. The van der Waals surface area contributed by atoms with Crippen LogP contribution in [0.25, 0.3) is 0 Å². The average molecular weight is 364 g/mol. The van der Waals surface area contributed by atoms with Gasteiger partial charge in [-0.1, -0.05) is 19.0 Å². The molecule has 136 valence electrons. The third kappa shape index (κ3) is 4.87. The van der Waals surface area contributed by atoms with Gasteiger partial charge in [0, 0.05) is 30.5 Å². The molecule has 3 rings (SSSR count). The van der Waals surface area contributed by atoms with E-state index in [2.05, 4.69) is 34.2 Å². The first-order valence-electron chi connectivity index (χ1n) is 8.59. The molecule has 0 aromatic carbocycles. The number of likely N-dealkylation sites (tertiary alicyclic amines) is 1. The maximum Gasteiger partial charge on any atom is 0.273 e. The second kappa shape index (κ2) is 8.07. The van der Waals surface area contributed by atoms with Crippen molar-refractivity contribution in [2.24, 2.45) is 0 Å². The maximum absolute atomic E-state index is 12.2. The van der Waals surface area contributed by atoms with E-state index in [-0.39, 0.29) is 17.7 Å². The lowest BCUT2D eigenvalue weighted by Gasteiger charge is -2.28. The molecular weight excluding hydrogens is 340 g/mol. The number of rotatable bonds is 6. The Bertz CT molecular complexity index is 704. The van der Waals surface area contributed by atoms with E-state index in [1.165, 1.54) is 0 Å². The summed E-state index contributed by atoms with van der Waals surface area (Å²) in [4.78, 5) is 18.9. The fourth-order valence-electron chi connectivity index (χ4n) is 2.72. The smallest absolute Gasteiger partial charge is 0.273 e. The number of amides is 1. The van der Waals surface area contributed by atoms with Gasteiger partial charge in [0.15, 0.2) is 11.5 Å². The number of hydrogen-bond donors (Lipinski definition) is 2. The lowest BCUT2D eigenvalue weighted by Crippen LogP contribution is -2.35. The molecular formula is C17H24N4O3S. The van der Waals surface area contributed by atoms with Gasteiger partial charge >= 0.3 is 0 Å². The number of piperidine rings is 1. The van der Waals surface area contributed by atoms with Crippen LogP contribution in [0.3, 0.4) is 0 Å². The molecule has 0 atom stereocenters. The molecule has 2 aromatic rings. The fraction of sp³-hybridized carbons (Fsp3) is 0.588. The minimum Gasteiger partial charge on any atom is -0.393 e. The van der Waals surface area contributed by atoms with Crippen molar-refractivity contribution in [2.45, 2.75) is 51.8 Å². The van der Waals surface area contributed by atoms with Crippen LogP contribution < -0.4 is 5.32 Å². The van der Waals surface area contributed by atoms with Gasteiger partial charge in [0.2, 0.25) is 0 Å². The summed E-state index contributed by atoms with van der Waals surface area (Å²) in [7, 11) is 0. The third-order valence-corrected chi connectivity index (χ3v) is 5.42. The van der Waals surface area contributed by atoms with Crippen molar-refractivity contribution >= 4 is 17.2 Å². The number of aliphatic hydroxyl groups is 1. The Morgan fingerprint density at radius 3 is 2.92 bits per heavy atom.